The van der Waals surface area contributed by atoms with Crippen LogP contribution >= 0.6 is 11.6 Å². The van der Waals surface area contributed by atoms with Crippen molar-refractivity contribution in [1.82, 2.24) is 5.32 Å². The van der Waals surface area contributed by atoms with Gasteiger partial charge in [0.1, 0.15) is 0 Å². The molecule has 3 rings (SSSR count). The summed E-state index contributed by atoms with van der Waals surface area (Å²) in [5.41, 5.74) is 1.79. The first-order valence-electron chi connectivity index (χ1n) is 7.51. The van der Waals surface area contributed by atoms with Crippen molar-refractivity contribution in [2.75, 3.05) is 4.90 Å². The van der Waals surface area contributed by atoms with E-state index in [4.69, 9.17) is 11.6 Å². The van der Waals surface area contributed by atoms with Crippen LogP contribution in [-0.2, 0) is 9.59 Å². The van der Waals surface area contributed by atoms with Crippen molar-refractivity contribution in [2.45, 2.75) is 6.92 Å². The Morgan fingerprint density at radius 3 is 2.60 bits per heavy atom. The molecule has 25 heavy (non-hydrogen) atoms. The molecule has 0 unspecified atom stereocenters. The molecule has 1 aliphatic rings. The fourth-order valence-electron chi connectivity index (χ4n) is 2.45. The van der Waals surface area contributed by atoms with E-state index in [1.54, 1.807) is 42.5 Å². The van der Waals surface area contributed by atoms with Crippen molar-refractivity contribution in [3.63, 3.8) is 0 Å². The van der Waals surface area contributed by atoms with Crippen LogP contribution in [0.15, 0.2) is 53.5 Å². The summed E-state index contributed by atoms with van der Waals surface area (Å²) in [6.45, 7) is 1.85. The molecular formula is C18H14ClN3O3. The number of carbonyl (C=O) groups excluding carboxylic acids is 3. The van der Waals surface area contributed by atoms with Gasteiger partial charge in [0.25, 0.3) is 5.91 Å². The molecule has 0 saturated carbocycles. The Morgan fingerprint density at radius 2 is 1.88 bits per heavy atom. The zero-order valence-corrected chi connectivity index (χ0v) is 14.0. The number of imide groups is 2. The number of benzene rings is 2. The van der Waals surface area contributed by atoms with Crippen LogP contribution in [0.25, 0.3) is 0 Å². The molecule has 1 atom stereocenters. The molecule has 1 fully saturated rings. The lowest BCUT2D eigenvalue weighted by atomic mass is 10.1. The molecule has 0 bridgehead atoms. The molecule has 0 aromatic heterocycles. The van der Waals surface area contributed by atoms with Crippen molar-refractivity contribution in [3.05, 3.63) is 59.1 Å². The summed E-state index contributed by atoms with van der Waals surface area (Å²) in [4.78, 5) is 41.9. The van der Waals surface area contributed by atoms with Gasteiger partial charge < -0.3 is 0 Å². The summed E-state index contributed by atoms with van der Waals surface area (Å²) in [6, 6.07) is 12.8. The highest BCUT2D eigenvalue weighted by atomic mass is 35.5. The zero-order chi connectivity index (χ0) is 18.0. The maximum atomic E-state index is 12.7. The first-order valence-corrected chi connectivity index (χ1v) is 7.89. The maximum Gasteiger partial charge on any atom is 0.335 e. The Bertz CT molecular complexity index is 895. The van der Waals surface area contributed by atoms with Crippen LogP contribution < -0.4 is 10.2 Å². The van der Waals surface area contributed by atoms with E-state index >= 15 is 0 Å². The number of hydrogen-bond acceptors (Lipinski definition) is 4. The van der Waals surface area contributed by atoms with E-state index in [0.29, 0.717) is 16.4 Å². The van der Waals surface area contributed by atoms with Gasteiger partial charge in [-0.3, -0.25) is 19.9 Å². The van der Waals surface area contributed by atoms with Gasteiger partial charge in [0, 0.05) is 11.2 Å². The van der Waals surface area contributed by atoms with Gasteiger partial charge in [-0.15, -0.1) is 0 Å². The molecular weight excluding hydrogens is 342 g/mol. The van der Waals surface area contributed by atoms with Gasteiger partial charge in [-0.2, -0.15) is 0 Å². The van der Waals surface area contributed by atoms with Crippen LogP contribution in [-0.4, -0.2) is 24.1 Å². The van der Waals surface area contributed by atoms with Crippen LogP contribution in [0.3, 0.4) is 0 Å². The predicted molar refractivity (Wildman–Crippen MR) is 95.3 cm³/mol. The number of nitrogens with zero attached hydrogens (tertiary/aromatic N) is 2. The Labute approximate surface area is 149 Å². The third kappa shape index (κ3) is 3.59. The number of hydrogen-bond donors (Lipinski definition) is 1. The number of amides is 4. The second kappa shape index (κ2) is 6.86. The van der Waals surface area contributed by atoms with Crippen LogP contribution in [0, 0.1) is 12.8 Å². The smallest absolute Gasteiger partial charge is 0.276 e. The van der Waals surface area contributed by atoms with Crippen molar-refractivity contribution in [3.8, 4) is 0 Å². The van der Waals surface area contributed by atoms with Crippen LogP contribution in [0.1, 0.15) is 5.56 Å². The average molecular weight is 356 g/mol. The van der Waals surface area contributed by atoms with Gasteiger partial charge in [0.05, 0.1) is 11.4 Å². The number of rotatable bonds is 3. The number of anilines is 1. The number of carbonyl (C=O) groups is 3. The van der Waals surface area contributed by atoms with Crippen LogP contribution in [0.5, 0.6) is 0 Å². The Morgan fingerprint density at radius 1 is 1.12 bits per heavy atom. The quantitative estimate of drug-likeness (QED) is 0.678. The number of halogens is 1. The summed E-state index contributed by atoms with van der Waals surface area (Å²) in [5, 5.41) is 2.68. The molecule has 1 saturated heterocycles. The molecule has 1 heterocycles. The highest BCUT2D eigenvalue weighted by molar-refractivity contribution is 6.33. The average Bonchev–Trinajstić information content (AvgIpc) is 2.54. The minimum Gasteiger partial charge on any atom is -0.276 e. The first kappa shape index (κ1) is 16.9. The number of aliphatic imine (C=N–C) groups is 1. The van der Waals surface area contributed by atoms with Gasteiger partial charge in [-0.25, -0.2) is 9.69 Å². The van der Waals surface area contributed by atoms with Gasteiger partial charge in [0.15, 0.2) is 5.92 Å². The van der Waals surface area contributed by atoms with Gasteiger partial charge in [-0.05, 0) is 42.8 Å². The highest BCUT2D eigenvalue weighted by Crippen LogP contribution is 2.22. The summed E-state index contributed by atoms with van der Waals surface area (Å²) in [6.07, 6.45) is 1.22. The van der Waals surface area contributed by atoms with Crippen molar-refractivity contribution >= 4 is 47.0 Å². The fraction of sp³-hybridized carbons (Fsp3) is 0.111. The molecule has 2 aromatic rings. The normalized spacial score (nSPS) is 17.9. The first-order chi connectivity index (χ1) is 12.0. The van der Waals surface area contributed by atoms with E-state index in [-0.39, 0.29) is 0 Å². The standard InChI is InChI=1S/C18H14ClN3O3/c1-11-4-2-7-14(8-11)22-17(24)15(16(23)21-18(22)25)10-20-13-6-3-5-12(19)9-13/h2-10,15H,1H3,(H,21,23,25)/t15-/m1/s1. The number of nitrogens with one attached hydrogen (secondary N) is 1. The zero-order valence-electron chi connectivity index (χ0n) is 13.3. The van der Waals surface area contributed by atoms with E-state index in [9.17, 15) is 14.4 Å². The second-order valence-electron chi connectivity index (χ2n) is 5.54. The third-order valence-corrected chi connectivity index (χ3v) is 3.88. The minimum atomic E-state index is -1.20. The number of aryl methyl sites for hydroxylation is 1. The Hall–Kier alpha value is -2.99. The summed E-state index contributed by atoms with van der Waals surface area (Å²) in [5.74, 6) is -2.55. The molecule has 126 valence electrons. The van der Waals surface area contributed by atoms with E-state index < -0.39 is 23.8 Å². The maximum absolute atomic E-state index is 12.7. The van der Waals surface area contributed by atoms with Crippen molar-refractivity contribution in [2.24, 2.45) is 10.9 Å². The molecule has 0 spiro atoms. The predicted octanol–water partition coefficient (Wildman–Crippen LogP) is 3.25. The minimum absolute atomic E-state index is 0.399. The van der Waals surface area contributed by atoms with Crippen molar-refractivity contribution in [1.29, 1.82) is 0 Å². The molecule has 0 aliphatic carbocycles. The monoisotopic (exact) mass is 355 g/mol. The van der Waals surface area contributed by atoms with E-state index in [2.05, 4.69) is 10.3 Å². The fourth-order valence-corrected chi connectivity index (χ4v) is 2.63. The van der Waals surface area contributed by atoms with Crippen LogP contribution in [0.4, 0.5) is 16.2 Å². The lowest BCUT2D eigenvalue weighted by Crippen LogP contribution is -2.58. The summed E-state index contributed by atoms with van der Waals surface area (Å²) < 4.78 is 0. The molecule has 6 nitrogen and oxygen atoms in total. The molecule has 1 N–H and O–H groups in total. The van der Waals surface area contributed by atoms with Crippen molar-refractivity contribution < 1.29 is 14.4 Å². The lowest BCUT2D eigenvalue weighted by Gasteiger charge is -2.28. The Kier molecular flexibility index (Phi) is 4.63. The highest BCUT2D eigenvalue weighted by Gasteiger charge is 2.40. The number of urea groups is 1. The topological polar surface area (TPSA) is 78.8 Å². The summed E-state index contributed by atoms with van der Waals surface area (Å²) >= 11 is 5.89. The lowest BCUT2D eigenvalue weighted by molar-refractivity contribution is -0.131. The van der Waals surface area contributed by atoms with Gasteiger partial charge >= 0.3 is 6.03 Å². The van der Waals surface area contributed by atoms with Gasteiger partial charge in [-0.1, -0.05) is 29.8 Å². The largest absolute Gasteiger partial charge is 0.335 e. The third-order valence-electron chi connectivity index (χ3n) is 3.64. The van der Waals surface area contributed by atoms with Gasteiger partial charge in [0.2, 0.25) is 5.91 Å². The Balaban J connectivity index is 1.90. The van der Waals surface area contributed by atoms with E-state index in [1.165, 1.54) is 6.21 Å². The van der Waals surface area contributed by atoms with E-state index in [1.807, 2.05) is 13.0 Å². The molecule has 7 heteroatoms. The SMILES string of the molecule is Cc1cccc(N2C(=O)NC(=O)[C@@H](C=Nc3cccc(Cl)c3)C2=O)c1. The molecule has 0 radical (unpaired) electrons. The molecule has 1 aliphatic heterocycles. The van der Waals surface area contributed by atoms with E-state index in [0.717, 1.165) is 10.5 Å². The molecule has 2 aromatic carbocycles. The van der Waals surface area contributed by atoms with Crippen LogP contribution in [0.2, 0.25) is 5.02 Å². The second-order valence-corrected chi connectivity index (χ2v) is 5.98. The molecule has 4 amide bonds. The summed E-state index contributed by atoms with van der Waals surface area (Å²) in [7, 11) is 0. The number of barbiturate groups is 1.